The lowest BCUT2D eigenvalue weighted by Gasteiger charge is -2.24. The second-order valence-corrected chi connectivity index (χ2v) is 9.45. The summed E-state index contributed by atoms with van der Waals surface area (Å²) in [6.45, 7) is 3.80. The number of carbonyl (C=O) groups is 1. The lowest BCUT2D eigenvalue weighted by molar-refractivity contribution is -0.193. The molecule has 2 aliphatic heterocycles. The molecule has 0 bridgehead atoms. The largest absolute Gasteiger partial charge is 0.465 e. The van der Waals surface area contributed by atoms with Crippen LogP contribution in [0.3, 0.4) is 0 Å². The van der Waals surface area contributed by atoms with Crippen molar-refractivity contribution < 1.29 is 23.7 Å². The number of ether oxygens (including phenoxy) is 4. The van der Waals surface area contributed by atoms with Crippen LogP contribution in [0.1, 0.15) is 36.0 Å². The number of nitrogen functional groups attached to an aromatic ring is 1. The van der Waals surface area contributed by atoms with Gasteiger partial charge in [-0.1, -0.05) is 12.1 Å². The Morgan fingerprint density at radius 2 is 2.06 bits per heavy atom. The topological polar surface area (TPSA) is 124 Å². The number of carbonyl (C=O) groups excluding carboxylic acids is 1. The van der Waals surface area contributed by atoms with Crippen LogP contribution in [-0.4, -0.2) is 62.5 Å². The Morgan fingerprint density at radius 3 is 2.88 bits per heavy atom. The second-order valence-electron chi connectivity index (χ2n) is 8.42. The first-order valence-corrected chi connectivity index (χ1v) is 11.7. The summed E-state index contributed by atoms with van der Waals surface area (Å²) in [4.78, 5) is 24.5. The molecule has 0 unspecified atom stereocenters. The summed E-state index contributed by atoms with van der Waals surface area (Å²) in [6, 6.07) is 7.43. The maximum absolute atomic E-state index is 11.8. The zero-order valence-corrected chi connectivity index (χ0v) is 19.3. The highest BCUT2D eigenvalue weighted by Gasteiger charge is 2.56. The zero-order chi connectivity index (χ0) is 23.2. The van der Waals surface area contributed by atoms with Gasteiger partial charge in [0.05, 0.1) is 25.1 Å². The summed E-state index contributed by atoms with van der Waals surface area (Å²) >= 11 is 1.70. The number of nitrogens with two attached hydrogens (primary N) is 1. The fourth-order valence-corrected chi connectivity index (χ4v) is 5.31. The van der Waals surface area contributed by atoms with Gasteiger partial charge in [0, 0.05) is 11.5 Å². The summed E-state index contributed by atoms with van der Waals surface area (Å²) in [5.74, 6) is 0.651. The van der Waals surface area contributed by atoms with E-state index in [1.54, 1.807) is 24.2 Å². The molecule has 2 N–H and O–H groups in total. The minimum Gasteiger partial charge on any atom is -0.465 e. The molecule has 174 valence electrons. The molecular formula is C22H25N5O5S. The van der Waals surface area contributed by atoms with Gasteiger partial charge in [-0.2, -0.15) is 11.8 Å². The molecule has 0 spiro atoms. The van der Waals surface area contributed by atoms with Crippen molar-refractivity contribution >= 4 is 34.7 Å². The Morgan fingerprint density at radius 1 is 1.24 bits per heavy atom. The van der Waals surface area contributed by atoms with Gasteiger partial charge >= 0.3 is 5.97 Å². The molecule has 11 heteroatoms. The first-order valence-electron chi connectivity index (χ1n) is 10.6. The van der Waals surface area contributed by atoms with Gasteiger partial charge in [-0.15, -0.1) is 0 Å². The minimum absolute atomic E-state index is 0.202. The van der Waals surface area contributed by atoms with Crippen molar-refractivity contribution in [3.8, 4) is 0 Å². The van der Waals surface area contributed by atoms with Crippen LogP contribution < -0.4 is 5.73 Å². The van der Waals surface area contributed by atoms with Crippen LogP contribution in [-0.2, 0) is 24.7 Å². The molecular weight excluding hydrogens is 446 g/mol. The number of benzene rings is 1. The molecule has 2 aromatic heterocycles. The summed E-state index contributed by atoms with van der Waals surface area (Å²) in [5, 5.41) is 0. The number of hydrogen-bond donors (Lipinski definition) is 1. The Hall–Kier alpha value is -2.73. The van der Waals surface area contributed by atoms with E-state index in [0.29, 0.717) is 28.3 Å². The lowest BCUT2D eigenvalue weighted by atomic mass is 10.1. The Labute approximate surface area is 194 Å². The second kappa shape index (κ2) is 8.56. The molecule has 2 aliphatic rings. The first-order chi connectivity index (χ1) is 15.9. The van der Waals surface area contributed by atoms with E-state index in [1.807, 2.05) is 36.6 Å². The molecule has 1 aromatic carbocycles. The molecule has 0 aliphatic carbocycles. The average molecular weight is 472 g/mol. The predicted octanol–water partition coefficient (Wildman–Crippen LogP) is 2.55. The van der Waals surface area contributed by atoms with Gasteiger partial charge in [-0.05, 0) is 31.5 Å². The standard InChI is InChI=1S/C22H25N5O5S/c1-22(2)31-16-14(9-33-8-12-5-4-6-13(7-12)21(28)29-3)30-20(17(16)32-22)27-11-26-15-18(23)24-10-25-19(15)27/h4-7,10-11,14,16-17,20H,8-9H2,1-3H3,(H2,23,24,25)/t14-,16-,17-,20-/m1/s1. The van der Waals surface area contributed by atoms with Crippen molar-refractivity contribution in [2.75, 3.05) is 18.6 Å². The first kappa shape index (κ1) is 22.1. The number of esters is 1. The third kappa shape index (κ3) is 4.17. The molecule has 2 fully saturated rings. The number of nitrogens with zero attached hydrogens (tertiary/aromatic N) is 4. The maximum atomic E-state index is 11.8. The van der Waals surface area contributed by atoms with Crippen LogP contribution in [0.15, 0.2) is 36.9 Å². The molecule has 4 heterocycles. The molecule has 5 rings (SSSR count). The van der Waals surface area contributed by atoms with Crippen LogP contribution in [0.2, 0.25) is 0 Å². The molecule has 4 atom stereocenters. The van der Waals surface area contributed by atoms with E-state index in [4.69, 9.17) is 24.7 Å². The highest BCUT2D eigenvalue weighted by molar-refractivity contribution is 7.98. The summed E-state index contributed by atoms with van der Waals surface area (Å²) in [5.41, 5.74) is 8.64. The van der Waals surface area contributed by atoms with Gasteiger partial charge in [0.15, 0.2) is 23.5 Å². The Balaban J connectivity index is 1.32. The van der Waals surface area contributed by atoms with E-state index in [0.717, 1.165) is 11.3 Å². The van der Waals surface area contributed by atoms with E-state index in [-0.39, 0.29) is 24.3 Å². The number of hydrogen-bond acceptors (Lipinski definition) is 10. The number of aromatic nitrogens is 4. The summed E-state index contributed by atoms with van der Waals surface area (Å²) in [7, 11) is 1.38. The van der Waals surface area contributed by atoms with Crippen molar-refractivity contribution in [1.82, 2.24) is 19.5 Å². The van der Waals surface area contributed by atoms with Crippen molar-refractivity contribution in [2.45, 2.75) is 49.9 Å². The fraction of sp³-hybridized carbons (Fsp3) is 0.455. The van der Waals surface area contributed by atoms with E-state index >= 15 is 0 Å². The van der Waals surface area contributed by atoms with Gasteiger partial charge in [-0.25, -0.2) is 19.7 Å². The maximum Gasteiger partial charge on any atom is 0.337 e. The number of thioether (sulfide) groups is 1. The van der Waals surface area contributed by atoms with Crippen LogP contribution in [0.25, 0.3) is 11.2 Å². The van der Waals surface area contributed by atoms with Crippen LogP contribution in [0.5, 0.6) is 0 Å². The normalized spacial score (nSPS) is 25.9. The smallest absolute Gasteiger partial charge is 0.337 e. The monoisotopic (exact) mass is 471 g/mol. The predicted molar refractivity (Wildman–Crippen MR) is 121 cm³/mol. The van der Waals surface area contributed by atoms with E-state index in [9.17, 15) is 4.79 Å². The van der Waals surface area contributed by atoms with Gasteiger partial charge in [0.2, 0.25) is 0 Å². The van der Waals surface area contributed by atoms with E-state index < -0.39 is 12.0 Å². The quantitative estimate of drug-likeness (QED) is 0.536. The summed E-state index contributed by atoms with van der Waals surface area (Å²) in [6.07, 6.45) is 1.85. The molecule has 3 aromatic rings. The highest BCUT2D eigenvalue weighted by atomic mass is 32.2. The molecule has 0 radical (unpaired) electrons. The van der Waals surface area contributed by atoms with Crippen LogP contribution >= 0.6 is 11.8 Å². The van der Waals surface area contributed by atoms with E-state index in [1.165, 1.54) is 13.4 Å². The number of rotatable bonds is 6. The van der Waals surface area contributed by atoms with Gasteiger partial charge in [0.25, 0.3) is 0 Å². The number of anilines is 1. The number of fused-ring (bicyclic) bond motifs is 2. The van der Waals surface area contributed by atoms with Gasteiger partial charge in [-0.3, -0.25) is 4.57 Å². The molecule has 0 saturated carbocycles. The van der Waals surface area contributed by atoms with Crippen molar-refractivity contribution in [1.29, 1.82) is 0 Å². The third-order valence-electron chi connectivity index (χ3n) is 5.69. The zero-order valence-electron chi connectivity index (χ0n) is 18.5. The average Bonchev–Trinajstić information content (AvgIpc) is 3.45. The van der Waals surface area contributed by atoms with Crippen molar-refractivity contribution in [3.63, 3.8) is 0 Å². The minimum atomic E-state index is -0.723. The molecule has 0 amide bonds. The number of imidazole rings is 1. The Kier molecular flexibility index (Phi) is 5.73. The van der Waals surface area contributed by atoms with Crippen LogP contribution in [0.4, 0.5) is 5.82 Å². The number of methoxy groups -OCH3 is 1. The molecule has 10 nitrogen and oxygen atoms in total. The SMILES string of the molecule is COC(=O)c1cccc(CSC[C@H]2O[C@@H](n3cnc4c(N)ncnc43)[C@@H]3OC(C)(C)O[C@@H]32)c1. The third-order valence-corrected chi connectivity index (χ3v) is 6.79. The molecule has 2 saturated heterocycles. The van der Waals surface area contributed by atoms with Crippen molar-refractivity contribution in [3.05, 3.63) is 48.0 Å². The van der Waals surface area contributed by atoms with Crippen molar-refractivity contribution in [2.24, 2.45) is 0 Å². The lowest BCUT2D eigenvalue weighted by Crippen LogP contribution is -2.31. The van der Waals surface area contributed by atoms with Gasteiger partial charge < -0.3 is 24.7 Å². The van der Waals surface area contributed by atoms with E-state index in [2.05, 4.69) is 15.0 Å². The Bertz CT molecular complexity index is 1180. The molecule has 33 heavy (non-hydrogen) atoms. The summed E-state index contributed by atoms with van der Waals surface area (Å²) < 4.78 is 25.5. The van der Waals surface area contributed by atoms with Gasteiger partial charge in [0.1, 0.15) is 24.1 Å². The highest BCUT2D eigenvalue weighted by Crippen LogP contribution is 2.44. The van der Waals surface area contributed by atoms with Crippen LogP contribution in [0, 0.1) is 0 Å². The fourth-order valence-electron chi connectivity index (χ4n) is 4.27.